The van der Waals surface area contributed by atoms with Gasteiger partial charge >= 0.3 is 5.97 Å². The molecule has 118 valence electrons. The smallest absolute Gasteiger partial charge is 0.313 e. The Bertz CT molecular complexity index is 654. The van der Waals surface area contributed by atoms with Gasteiger partial charge in [0, 0.05) is 32.1 Å². The van der Waals surface area contributed by atoms with Gasteiger partial charge in [-0.05, 0) is 19.2 Å². The van der Waals surface area contributed by atoms with Crippen molar-refractivity contribution in [3.05, 3.63) is 34.6 Å². The number of hydrogen-bond acceptors (Lipinski definition) is 3. The number of hydrogen-bond donors (Lipinski definition) is 1. The summed E-state index contributed by atoms with van der Waals surface area (Å²) in [5.41, 5.74) is -1.07. The number of carbonyl (C=O) groups excluding carboxylic acids is 1. The number of carbonyl (C=O) groups is 2. The molecule has 1 N–H and O–H groups in total. The monoisotopic (exact) mass is 326 g/mol. The molecule has 0 aliphatic carbocycles. The molecule has 2 heterocycles. The zero-order chi connectivity index (χ0) is 16.1. The highest BCUT2D eigenvalue weighted by Crippen LogP contribution is 2.42. The largest absolute Gasteiger partial charge is 0.481 e. The number of benzene rings is 1. The molecule has 2 aliphatic heterocycles. The Hall–Kier alpha value is -1.66. The van der Waals surface area contributed by atoms with Gasteiger partial charge in [-0.15, -0.1) is 0 Å². The van der Waals surface area contributed by atoms with Crippen molar-refractivity contribution >= 4 is 23.5 Å². The summed E-state index contributed by atoms with van der Waals surface area (Å²) in [6, 6.07) is 4.26. The summed E-state index contributed by atoms with van der Waals surface area (Å²) in [6.07, 6.45) is 0. The van der Waals surface area contributed by atoms with E-state index in [0.29, 0.717) is 19.6 Å². The third-order valence-electron chi connectivity index (χ3n) is 4.67. The third kappa shape index (κ3) is 2.18. The van der Waals surface area contributed by atoms with Crippen LogP contribution in [0.15, 0.2) is 18.2 Å². The van der Waals surface area contributed by atoms with E-state index in [9.17, 15) is 19.1 Å². The summed E-state index contributed by atoms with van der Waals surface area (Å²) < 4.78 is 14.0. The highest BCUT2D eigenvalue weighted by molar-refractivity contribution is 6.31. The summed E-state index contributed by atoms with van der Waals surface area (Å²) >= 11 is 5.71. The SMILES string of the molecule is CN1C[C@H]2CN(C(=O)c3cccc(Cl)c3F)C[C@@]2(C(=O)O)C1. The molecular formula is C15H16ClFN2O3. The Labute approximate surface area is 132 Å². The van der Waals surface area contributed by atoms with E-state index in [1.165, 1.54) is 23.1 Å². The van der Waals surface area contributed by atoms with Crippen LogP contribution in [0.1, 0.15) is 10.4 Å². The minimum Gasteiger partial charge on any atom is -0.481 e. The average molecular weight is 327 g/mol. The standard InChI is InChI=1S/C15H16ClFN2O3/c1-18-5-9-6-19(8-15(9,7-18)14(21)22)13(20)10-3-2-4-11(16)12(10)17/h2-4,9H,5-8H2,1H3,(H,21,22)/t9-,15-/m0/s1. The molecule has 0 radical (unpaired) electrons. The van der Waals surface area contributed by atoms with E-state index < -0.39 is 23.1 Å². The molecule has 7 heteroatoms. The van der Waals surface area contributed by atoms with Crippen LogP contribution in [0.2, 0.25) is 5.02 Å². The number of nitrogens with zero attached hydrogens (tertiary/aromatic N) is 2. The Morgan fingerprint density at radius 2 is 2.09 bits per heavy atom. The van der Waals surface area contributed by atoms with Crippen molar-refractivity contribution in [3.8, 4) is 0 Å². The van der Waals surface area contributed by atoms with E-state index >= 15 is 0 Å². The maximum atomic E-state index is 14.0. The van der Waals surface area contributed by atoms with E-state index in [-0.39, 0.29) is 23.0 Å². The molecule has 5 nitrogen and oxygen atoms in total. The van der Waals surface area contributed by atoms with Crippen LogP contribution in [0.3, 0.4) is 0 Å². The van der Waals surface area contributed by atoms with Gasteiger partial charge in [0.25, 0.3) is 5.91 Å². The molecule has 2 saturated heterocycles. The van der Waals surface area contributed by atoms with Gasteiger partial charge in [0.05, 0.1) is 10.6 Å². The first kappa shape index (κ1) is 15.2. The Kier molecular flexibility index (Phi) is 3.61. The second kappa shape index (κ2) is 5.21. The fourth-order valence-corrected chi connectivity index (χ4v) is 3.79. The Balaban J connectivity index is 1.88. The first-order valence-electron chi connectivity index (χ1n) is 7.00. The van der Waals surface area contributed by atoms with E-state index in [1.807, 2.05) is 11.9 Å². The summed E-state index contributed by atoms with van der Waals surface area (Å²) in [5, 5.41) is 9.49. The molecule has 1 aromatic carbocycles. The average Bonchev–Trinajstić information content (AvgIpc) is 2.95. The molecule has 2 aliphatic rings. The maximum absolute atomic E-state index is 14.0. The summed E-state index contributed by atoms with van der Waals surface area (Å²) in [7, 11) is 1.87. The second-order valence-electron chi connectivity index (χ2n) is 6.14. The fourth-order valence-electron chi connectivity index (χ4n) is 3.61. The first-order chi connectivity index (χ1) is 10.3. The van der Waals surface area contributed by atoms with Gasteiger partial charge in [-0.3, -0.25) is 9.59 Å². The lowest BCUT2D eigenvalue weighted by molar-refractivity contribution is -0.148. The summed E-state index contributed by atoms with van der Waals surface area (Å²) in [5.74, 6) is -2.30. The number of rotatable bonds is 2. The van der Waals surface area contributed by atoms with Crippen molar-refractivity contribution in [2.45, 2.75) is 0 Å². The first-order valence-corrected chi connectivity index (χ1v) is 7.38. The Morgan fingerprint density at radius 1 is 1.36 bits per heavy atom. The van der Waals surface area contributed by atoms with Gasteiger partial charge in [-0.1, -0.05) is 17.7 Å². The normalized spacial score (nSPS) is 28.0. The van der Waals surface area contributed by atoms with Crippen molar-refractivity contribution in [2.24, 2.45) is 11.3 Å². The zero-order valence-corrected chi connectivity index (χ0v) is 12.8. The number of aliphatic carboxylic acids is 1. The quantitative estimate of drug-likeness (QED) is 0.896. The van der Waals surface area contributed by atoms with Gasteiger partial charge in [-0.2, -0.15) is 0 Å². The second-order valence-corrected chi connectivity index (χ2v) is 6.55. The molecule has 0 bridgehead atoms. The highest BCUT2D eigenvalue weighted by atomic mass is 35.5. The van der Waals surface area contributed by atoms with Crippen molar-refractivity contribution in [3.63, 3.8) is 0 Å². The number of amides is 1. The van der Waals surface area contributed by atoms with Gasteiger partial charge in [-0.25, -0.2) is 4.39 Å². The van der Waals surface area contributed by atoms with Gasteiger partial charge in [0.1, 0.15) is 5.41 Å². The predicted molar refractivity (Wildman–Crippen MR) is 78.4 cm³/mol. The van der Waals surface area contributed by atoms with Crippen LogP contribution >= 0.6 is 11.6 Å². The van der Waals surface area contributed by atoms with Crippen molar-refractivity contribution in [1.82, 2.24) is 9.80 Å². The van der Waals surface area contributed by atoms with E-state index in [0.717, 1.165) is 0 Å². The van der Waals surface area contributed by atoms with Gasteiger partial charge < -0.3 is 14.9 Å². The van der Waals surface area contributed by atoms with Crippen LogP contribution in [0.4, 0.5) is 4.39 Å². The molecule has 1 aromatic rings. The van der Waals surface area contributed by atoms with Crippen LogP contribution in [0.5, 0.6) is 0 Å². The number of likely N-dealkylation sites (tertiary alicyclic amines) is 2. The summed E-state index contributed by atoms with van der Waals surface area (Å²) in [4.78, 5) is 27.6. The van der Waals surface area contributed by atoms with E-state index in [1.54, 1.807) is 0 Å². The van der Waals surface area contributed by atoms with Gasteiger partial charge in [0.2, 0.25) is 0 Å². The van der Waals surface area contributed by atoms with Crippen LogP contribution in [-0.2, 0) is 4.79 Å². The lowest BCUT2D eigenvalue weighted by Crippen LogP contribution is -2.41. The molecule has 0 spiro atoms. The van der Waals surface area contributed by atoms with E-state index in [2.05, 4.69) is 0 Å². The number of carboxylic acid groups (broad SMARTS) is 1. The van der Waals surface area contributed by atoms with Crippen molar-refractivity contribution in [1.29, 1.82) is 0 Å². The molecule has 3 rings (SSSR count). The minimum absolute atomic E-state index is 0.0993. The molecule has 2 fully saturated rings. The molecule has 0 unspecified atom stereocenters. The van der Waals surface area contributed by atoms with Crippen LogP contribution in [0, 0.1) is 17.2 Å². The topological polar surface area (TPSA) is 60.9 Å². The number of fused-ring (bicyclic) bond motifs is 1. The van der Waals surface area contributed by atoms with Crippen LogP contribution in [-0.4, -0.2) is 60.0 Å². The van der Waals surface area contributed by atoms with Crippen molar-refractivity contribution < 1.29 is 19.1 Å². The molecule has 0 aromatic heterocycles. The van der Waals surface area contributed by atoms with E-state index in [4.69, 9.17) is 11.6 Å². The van der Waals surface area contributed by atoms with Crippen molar-refractivity contribution in [2.75, 3.05) is 33.2 Å². The third-order valence-corrected chi connectivity index (χ3v) is 4.97. The van der Waals surface area contributed by atoms with Crippen LogP contribution < -0.4 is 0 Å². The maximum Gasteiger partial charge on any atom is 0.313 e. The molecule has 0 saturated carbocycles. The highest BCUT2D eigenvalue weighted by Gasteiger charge is 2.57. The molecule has 2 atom stereocenters. The predicted octanol–water partition coefficient (Wildman–Crippen LogP) is 1.57. The summed E-state index contributed by atoms with van der Waals surface area (Å²) in [6.45, 7) is 1.44. The lowest BCUT2D eigenvalue weighted by atomic mass is 9.81. The lowest BCUT2D eigenvalue weighted by Gasteiger charge is -2.24. The van der Waals surface area contributed by atoms with Crippen LogP contribution in [0.25, 0.3) is 0 Å². The number of halogens is 2. The fraction of sp³-hybridized carbons (Fsp3) is 0.467. The minimum atomic E-state index is -0.959. The number of carboxylic acids is 1. The van der Waals surface area contributed by atoms with Gasteiger partial charge in [0.15, 0.2) is 5.82 Å². The molecular weight excluding hydrogens is 311 g/mol. The zero-order valence-electron chi connectivity index (χ0n) is 12.1. The molecule has 1 amide bonds. The Morgan fingerprint density at radius 3 is 2.73 bits per heavy atom. The molecule has 22 heavy (non-hydrogen) atoms.